The summed E-state index contributed by atoms with van der Waals surface area (Å²) >= 11 is 0. The topological polar surface area (TPSA) is 110 Å². The van der Waals surface area contributed by atoms with Crippen LogP contribution in [0.2, 0.25) is 0 Å². The number of nitrogens with one attached hydrogen (secondary N) is 2. The zero-order chi connectivity index (χ0) is 21.0. The first kappa shape index (κ1) is 20.3. The molecule has 29 heavy (non-hydrogen) atoms. The number of carbonyl (C=O) groups excluding carboxylic acids is 2. The van der Waals surface area contributed by atoms with Crippen LogP contribution in [-0.4, -0.2) is 50.2 Å². The van der Waals surface area contributed by atoms with Crippen LogP contribution < -0.4 is 10.6 Å². The molecule has 0 atom stereocenters. The third kappa shape index (κ3) is 4.52. The molecule has 0 saturated carbocycles. The first-order chi connectivity index (χ1) is 13.8. The van der Waals surface area contributed by atoms with E-state index in [0.29, 0.717) is 16.9 Å². The lowest BCUT2D eigenvalue weighted by Crippen LogP contribution is -2.18. The zero-order valence-corrected chi connectivity index (χ0v) is 16.7. The molecular weight excluding hydrogens is 392 g/mol. The fourth-order valence-corrected chi connectivity index (χ4v) is 3.41. The van der Waals surface area contributed by atoms with E-state index in [0.717, 1.165) is 18.2 Å². The van der Waals surface area contributed by atoms with E-state index >= 15 is 0 Å². The fourth-order valence-electron chi connectivity index (χ4n) is 2.78. The van der Waals surface area contributed by atoms with Crippen molar-refractivity contribution in [2.24, 2.45) is 0 Å². The lowest BCUT2D eigenvalue weighted by molar-refractivity contribution is -0.106. The summed E-state index contributed by atoms with van der Waals surface area (Å²) in [4.78, 5) is 22.8. The van der Waals surface area contributed by atoms with Crippen LogP contribution in [-0.2, 0) is 14.6 Å². The van der Waals surface area contributed by atoms with Crippen LogP contribution in [0.25, 0.3) is 16.9 Å². The molecule has 0 aliphatic carbocycles. The molecule has 0 radical (unpaired) electrons. The SMILES string of the molecule is CNC(=O)c1cc(-c2ccc(S(C)(=O)=O)cc2)n(-c2ccc(NCC=O)cc2)n1. The number of anilines is 1. The third-order valence-electron chi connectivity index (χ3n) is 4.25. The Morgan fingerprint density at radius 1 is 1.10 bits per heavy atom. The number of hydrogen-bond donors (Lipinski definition) is 2. The van der Waals surface area contributed by atoms with Crippen LogP contribution >= 0.6 is 0 Å². The minimum absolute atomic E-state index is 0.208. The van der Waals surface area contributed by atoms with Crippen LogP contribution in [0.5, 0.6) is 0 Å². The Morgan fingerprint density at radius 2 is 1.76 bits per heavy atom. The average molecular weight is 412 g/mol. The van der Waals surface area contributed by atoms with Gasteiger partial charge in [0.25, 0.3) is 5.91 Å². The zero-order valence-electron chi connectivity index (χ0n) is 15.9. The van der Waals surface area contributed by atoms with Crippen LogP contribution in [0.3, 0.4) is 0 Å². The van der Waals surface area contributed by atoms with E-state index in [4.69, 9.17) is 0 Å². The van der Waals surface area contributed by atoms with Gasteiger partial charge in [0, 0.05) is 24.6 Å². The van der Waals surface area contributed by atoms with Gasteiger partial charge in [0.1, 0.15) is 6.29 Å². The summed E-state index contributed by atoms with van der Waals surface area (Å²) in [6.07, 6.45) is 1.92. The summed E-state index contributed by atoms with van der Waals surface area (Å²) in [5.41, 5.74) is 3.07. The maximum atomic E-state index is 12.1. The fraction of sp³-hybridized carbons (Fsp3) is 0.150. The second-order valence-electron chi connectivity index (χ2n) is 6.30. The second-order valence-corrected chi connectivity index (χ2v) is 8.31. The number of benzene rings is 2. The van der Waals surface area contributed by atoms with Crippen molar-refractivity contribution in [1.82, 2.24) is 15.1 Å². The Morgan fingerprint density at radius 3 is 2.31 bits per heavy atom. The lowest BCUT2D eigenvalue weighted by Gasteiger charge is -2.09. The number of amides is 1. The molecule has 150 valence electrons. The van der Waals surface area contributed by atoms with E-state index in [1.165, 1.54) is 19.2 Å². The molecule has 2 N–H and O–H groups in total. The number of carbonyl (C=O) groups is 2. The minimum Gasteiger partial charge on any atom is -0.378 e. The highest BCUT2D eigenvalue weighted by Crippen LogP contribution is 2.26. The monoisotopic (exact) mass is 412 g/mol. The van der Waals surface area contributed by atoms with Crippen LogP contribution in [0.4, 0.5) is 5.69 Å². The molecule has 1 aromatic heterocycles. The summed E-state index contributed by atoms with van der Waals surface area (Å²) < 4.78 is 25.0. The number of aromatic nitrogens is 2. The Labute approximate surface area is 168 Å². The highest BCUT2D eigenvalue weighted by molar-refractivity contribution is 7.90. The molecule has 0 aliphatic heterocycles. The molecule has 1 heterocycles. The van der Waals surface area contributed by atoms with Gasteiger partial charge in [-0.3, -0.25) is 4.79 Å². The molecule has 0 fully saturated rings. The van der Waals surface area contributed by atoms with Crippen molar-refractivity contribution in [2.45, 2.75) is 4.90 Å². The first-order valence-electron chi connectivity index (χ1n) is 8.74. The van der Waals surface area contributed by atoms with E-state index in [1.54, 1.807) is 35.0 Å². The van der Waals surface area contributed by atoms with Crippen molar-refractivity contribution in [1.29, 1.82) is 0 Å². The van der Waals surface area contributed by atoms with Crippen LogP contribution in [0, 0.1) is 0 Å². The molecule has 0 saturated heterocycles. The molecule has 0 spiro atoms. The van der Waals surface area contributed by atoms with E-state index < -0.39 is 9.84 Å². The number of rotatable bonds is 7. The summed E-state index contributed by atoms with van der Waals surface area (Å²) in [5.74, 6) is -0.331. The highest BCUT2D eigenvalue weighted by atomic mass is 32.2. The van der Waals surface area contributed by atoms with Crippen molar-refractivity contribution in [3.8, 4) is 16.9 Å². The molecular formula is C20H20N4O4S. The summed E-state index contributed by atoms with van der Waals surface area (Å²) in [6, 6.07) is 15.3. The quantitative estimate of drug-likeness (QED) is 0.574. The van der Waals surface area contributed by atoms with Gasteiger partial charge in [-0.25, -0.2) is 13.1 Å². The largest absolute Gasteiger partial charge is 0.378 e. The second kappa shape index (κ2) is 8.27. The van der Waals surface area contributed by atoms with Gasteiger partial charge in [0.2, 0.25) is 0 Å². The molecule has 0 aliphatic rings. The molecule has 3 rings (SSSR count). The van der Waals surface area contributed by atoms with Crippen molar-refractivity contribution in [3.63, 3.8) is 0 Å². The molecule has 8 nitrogen and oxygen atoms in total. The predicted molar refractivity (Wildman–Crippen MR) is 110 cm³/mol. The molecule has 0 unspecified atom stereocenters. The van der Waals surface area contributed by atoms with Gasteiger partial charge in [-0.15, -0.1) is 0 Å². The molecule has 9 heteroatoms. The van der Waals surface area contributed by atoms with Crippen LogP contribution in [0.15, 0.2) is 59.5 Å². The minimum atomic E-state index is -3.31. The van der Waals surface area contributed by atoms with Gasteiger partial charge in [-0.2, -0.15) is 5.10 Å². The van der Waals surface area contributed by atoms with Gasteiger partial charge in [-0.1, -0.05) is 12.1 Å². The van der Waals surface area contributed by atoms with Gasteiger partial charge in [-0.05, 0) is 42.5 Å². The normalized spacial score (nSPS) is 11.1. The Hall–Kier alpha value is -3.46. The van der Waals surface area contributed by atoms with Crippen LogP contribution in [0.1, 0.15) is 10.5 Å². The number of nitrogens with zero attached hydrogens (tertiary/aromatic N) is 2. The molecule has 0 bridgehead atoms. The Balaban J connectivity index is 2.05. The number of aldehydes is 1. The number of hydrogen-bond acceptors (Lipinski definition) is 6. The van der Waals surface area contributed by atoms with Crippen molar-refractivity contribution in [2.75, 3.05) is 25.2 Å². The number of sulfone groups is 1. The van der Waals surface area contributed by atoms with Crippen molar-refractivity contribution in [3.05, 3.63) is 60.3 Å². The van der Waals surface area contributed by atoms with Gasteiger partial charge in [0.15, 0.2) is 15.5 Å². The Kier molecular flexibility index (Phi) is 5.79. The first-order valence-corrected chi connectivity index (χ1v) is 10.6. The standard InChI is InChI=1S/C20H20N4O4S/c1-21-20(26)18-13-19(14-3-9-17(10-4-14)29(2,27)28)24(23-18)16-7-5-15(6-8-16)22-11-12-25/h3-10,12-13,22H,11H2,1-2H3,(H,21,26). The summed E-state index contributed by atoms with van der Waals surface area (Å²) in [6.45, 7) is 0.208. The molecule has 1 amide bonds. The average Bonchev–Trinajstić information content (AvgIpc) is 3.17. The highest BCUT2D eigenvalue weighted by Gasteiger charge is 2.17. The van der Waals surface area contributed by atoms with Gasteiger partial charge >= 0.3 is 0 Å². The molecule has 2 aromatic carbocycles. The Bertz CT molecular complexity index is 1130. The van der Waals surface area contributed by atoms with E-state index in [1.807, 2.05) is 12.1 Å². The van der Waals surface area contributed by atoms with Gasteiger partial charge in [0.05, 0.1) is 22.8 Å². The lowest BCUT2D eigenvalue weighted by atomic mass is 10.1. The van der Waals surface area contributed by atoms with Gasteiger partial charge < -0.3 is 15.4 Å². The van der Waals surface area contributed by atoms with E-state index in [-0.39, 0.29) is 23.0 Å². The third-order valence-corrected chi connectivity index (χ3v) is 5.38. The maximum absolute atomic E-state index is 12.1. The maximum Gasteiger partial charge on any atom is 0.271 e. The van der Waals surface area contributed by atoms with Crippen molar-refractivity contribution < 1.29 is 18.0 Å². The van der Waals surface area contributed by atoms with E-state index in [9.17, 15) is 18.0 Å². The van der Waals surface area contributed by atoms with Crippen molar-refractivity contribution >= 4 is 27.7 Å². The predicted octanol–water partition coefficient (Wildman–Crippen LogP) is 1.91. The van der Waals surface area contributed by atoms with E-state index in [2.05, 4.69) is 15.7 Å². The smallest absolute Gasteiger partial charge is 0.271 e. The summed E-state index contributed by atoms with van der Waals surface area (Å²) in [5, 5.41) is 9.90. The molecule has 3 aromatic rings. The summed E-state index contributed by atoms with van der Waals surface area (Å²) in [7, 11) is -1.78.